The molecule has 9 heteroatoms. The van der Waals surface area contributed by atoms with Crippen LogP contribution in [-0.4, -0.2) is 63.7 Å². The molecule has 0 aliphatic carbocycles. The summed E-state index contributed by atoms with van der Waals surface area (Å²) in [6.07, 6.45) is 1.67. The maximum Gasteiger partial charge on any atom is 0.255 e. The summed E-state index contributed by atoms with van der Waals surface area (Å²) in [6.45, 7) is 8.00. The summed E-state index contributed by atoms with van der Waals surface area (Å²) in [5, 5.41) is 4.11. The second-order valence-corrected chi connectivity index (χ2v) is 8.76. The number of aryl methyl sites for hydroxylation is 1. The highest BCUT2D eigenvalue weighted by atomic mass is 16.5. The van der Waals surface area contributed by atoms with Crippen LogP contribution in [0.15, 0.2) is 57.7 Å². The summed E-state index contributed by atoms with van der Waals surface area (Å²) in [5.74, 6) is 2.85. The number of benzene rings is 1. The summed E-state index contributed by atoms with van der Waals surface area (Å²) >= 11 is 0. The molecule has 182 valence electrons. The van der Waals surface area contributed by atoms with Crippen molar-refractivity contribution in [1.29, 1.82) is 0 Å². The van der Waals surface area contributed by atoms with Crippen LogP contribution in [-0.2, 0) is 13.1 Å². The van der Waals surface area contributed by atoms with Gasteiger partial charge in [0.05, 0.1) is 32.0 Å². The Morgan fingerprint density at radius 3 is 2.51 bits per heavy atom. The van der Waals surface area contributed by atoms with Crippen molar-refractivity contribution >= 4 is 5.91 Å². The van der Waals surface area contributed by atoms with Gasteiger partial charge in [-0.3, -0.25) is 9.69 Å². The molecular weight excluding hydrogens is 446 g/mol. The van der Waals surface area contributed by atoms with E-state index in [0.717, 1.165) is 47.1 Å². The third-order valence-electron chi connectivity index (χ3n) is 6.53. The second-order valence-electron chi connectivity index (χ2n) is 8.76. The number of hydrogen-bond acceptors (Lipinski definition) is 7. The first-order valence-corrected chi connectivity index (χ1v) is 11.7. The van der Waals surface area contributed by atoms with Gasteiger partial charge >= 0.3 is 0 Å². The predicted molar refractivity (Wildman–Crippen MR) is 129 cm³/mol. The van der Waals surface area contributed by atoms with E-state index >= 15 is 0 Å². The van der Waals surface area contributed by atoms with Crippen molar-refractivity contribution in [3.05, 3.63) is 77.3 Å². The fraction of sp³-hybridized carbons (Fsp3) is 0.346. The van der Waals surface area contributed by atoms with Crippen LogP contribution in [0.3, 0.4) is 0 Å². The standard InChI is InChI=1S/C26H29N5O4/c1-18-15-23(19(2)31(18)16-22-5-4-14-34-22)26(32)30-12-10-29(11-13-30)17-24-27-25(28-35-24)20-6-8-21(33-3)9-7-20/h4-9,14-15H,10-13,16-17H2,1-3H3. The average Bonchev–Trinajstić information content (AvgIpc) is 3.63. The van der Waals surface area contributed by atoms with Crippen LogP contribution in [0.2, 0.25) is 0 Å². The van der Waals surface area contributed by atoms with Gasteiger partial charge in [0.1, 0.15) is 11.5 Å². The second kappa shape index (κ2) is 9.79. The van der Waals surface area contributed by atoms with E-state index in [1.54, 1.807) is 13.4 Å². The smallest absolute Gasteiger partial charge is 0.255 e. The summed E-state index contributed by atoms with van der Waals surface area (Å²) in [6, 6.07) is 13.4. The number of hydrogen-bond donors (Lipinski definition) is 0. The lowest BCUT2D eigenvalue weighted by molar-refractivity contribution is 0.0614. The molecule has 5 rings (SSSR count). The Morgan fingerprint density at radius 1 is 1.06 bits per heavy atom. The highest BCUT2D eigenvalue weighted by Crippen LogP contribution is 2.22. The first-order chi connectivity index (χ1) is 17.0. The van der Waals surface area contributed by atoms with Crippen LogP contribution < -0.4 is 4.74 Å². The molecule has 0 spiro atoms. The summed E-state index contributed by atoms with van der Waals surface area (Å²) < 4.78 is 18.3. The van der Waals surface area contributed by atoms with Crippen LogP contribution in [0.25, 0.3) is 11.4 Å². The molecule has 4 heterocycles. The molecule has 0 unspecified atom stereocenters. The van der Waals surface area contributed by atoms with Crippen LogP contribution >= 0.6 is 0 Å². The number of amides is 1. The van der Waals surface area contributed by atoms with Gasteiger partial charge in [0.15, 0.2) is 0 Å². The molecule has 1 saturated heterocycles. The van der Waals surface area contributed by atoms with E-state index in [1.807, 2.05) is 61.2 Å². The zero-order valence-corrected chi connectivity index (χ0v) is 20.2. The minimum absolute atomic E-state index is 0.0722. The molecule has 0 atom stereocenters. The zero-order chi connectivity index (χ0) is 24.4. The van der Waals surface area contributed by atoms with Gasteiger partial charge in [0.2, 0.25) is 11.7 Å². The van der Waals surface area contributed by atoms with Gasteiger partial charge in [-0.25, -0.2) is 0 Å². The molecule has 0 saturated carbocycles. The molecule has 9 nitrogen and oxygen atoms in total. The number of carbonyl (C=O) groups is 1. The first-order valence-electron chi connectivity index (χ1n) is 11.7. The van der Waals surface area contributed by atoms with E-state index in [0.29, 0.717) is 37.9 Å². The van der Waals surface area contributed by atoms with Crippen molar-refractivity contribution in [2.24, 2.45) is 0 Å². The maximum atomic E-state index is 13.3. The largest absolute Gasteiger partial charge is 0.497 e. The van der Waals surface area contributed by atoms with E-state index in [2.05, 4.69) is 19.6 Å². The summed E-state index contributed by atoms with van der Waals surface area (Å²) in [4.78, 5) is 22.0. The monoisotopic (exact) mass is 475 g/mol. The molecule has 0 radical (unpaired) electrons. The van der Waals surface area contributed by atoms with E-state index in [9.17, 15) is 4.79 Å². The molecule has 0 N–H and O–H groups in total. The summed E-state index contributed by atoms with van der Waals surface area (Å²) in [5.41, 5.74) is 3.64. The number of carbonyl (C=O) groups excluding carboxylic acids is 1. The Hall–Kier alpha value is -3.85. The quantitative estimate of drug-likeness (QED) is 0.402. The molecule has 35 heavy (non-hydrogen) atoms. The lowest BCUT2D eigenvalue weighted by Crippen LogP contribution is -2.48. The topological polar surface area (TPSA) is 89.8 Å². The van der Waals surface area contributed by atoms with Gasteiger partial charge < -0.3 is 23.1 Å². The van der Waals surface area contributed by atoms with Crippen molar-refractivity contribution < 1.29 is 18.5 Å². The Labute approximate surface area is 203 Å². The molecule has 1 fully saturated rings. The molecule has 4 aromatic rings. The molecule has 1 aliphatic rings. The molecule has 1 amide bonds. The number of ether oxygens (including phenoxy) is 1. The van der Waals surface area contributed by atoms with Crippen molar-refractivity contribution in [2.45, 2.75) is 26.9 Å². The lowest BCUT2D eigenvalue weighted by Gasteiger charge is -2.34. The lowest BCUT2D eigenvalue weighted by atomic mass is 10.2. The number of nitrogens with zero attached hydrogens (tertiary/aromatic N) is 5. The minimum Gasteiger partial charge on any atom is -0.497 e. The molecule has 1 aliphatic heterocycles. The fourth-order valence-electron chi connectivity index (χ4n) is 4.47. The first kappa shape index (κ1) is 22.9. The summed E-state index contributed by atoms with van der Waals surface area (Å²) in [7, 11) is 1.63. The average molecular weight is 476 g/mol. The number of rotatable bonds is 7. The SMILES string of the molecule is COc1ccc(-c2noc(CN3CCN(C(=O)c4cc(C)n(Cc5ccco5)c4C)CC3)n2)cc1. The van der Waals surface area contributed by atoms with Crippen LogP contribution in [0, 0.1) is 13.8 Å². The highest BCUT2D eigenvalue weighted by molar-refractivity contribution is 5.95. The van der Waals surface area contributed by atoms with Crippen LogP contribution in [0.1, 0.15) is 33.4 Å². The van der Waals surface area contributed by atoms with Gasteiger partial charge in [0.25, 0.3) is 5.91 Å². The normalized spacial score (nSPS) is 14.4. The molecule has 0 bridgehead atoms. The third kappa shape index (κ3) is 4.85. The Bertz CT molecular complexity index is 1280. The van der Waals surface area contributed by atoms with Crippen molar-refractivity contribution in [1.82, 2.24) is 24.5 Å². The van der Waals surface area contributed by atoms with E-state index in [-0.39, 0.29) is 5.91 Å². The number of methoxy groups -OCH3 is 1. The van der Waals surface area contributed by atoms with Crippen molar-refractivity contribution in [3.8, 4) is 17.1 Å². The van der Waals surface area contributed by atoms with Crippen LogP contribution in [0.4, 0.5) is 0 Å². The fourth-order valence-corrected chi connectivity index (χ4v) is 4.47. The Balaban J connectivity index is 1.18. The van der Waals surface area contributed by atoms with E-state index < -0.39 is 0 Å². The number of furan rings is 1. The van der Waals surface area contributed by atoms with Crippen LogP contribution in [0.5, 0.6) is 5.75 Å². The van der Waals surface area contributed by atoms with Crippen molar-refractivity contribution in [3.63, 3.8) is 0 Å². The minimum atomic E-state index is 0.0722. The van der Waals surface area contributed by atoms with E-state index in [1.165, 1.54) is 0 Å². The zero-order valence-electron chi connectivity index (χ0n) is 20.2. The Kier molecular flexibility index (Phi) is 6.41. The van der Waals surface area contributed by atoms with Crippen molar-refractivity contribution in [2.75, 3.05) is 33.3 Å². The predicted octanol–water partition coefficient (Wildman–Crippen LogP) is 3.76. The number of aromatic nitrogens is 3. The maximum absolute atomic E-state index is 13.3. The van der Waals surface area contributed by atoms with Gasteiger partial charge in [-0.2, -0.15) is 4.98 Å². The molecular formula is C26H29N5O4. The Morgan fingerprint density at radius 2 is 1.83 bits per heavy atom. The highest BCUT2D eigenvalue weighted by Gasteiger charge is 2.26. The van der Waals surface area contributed by atoms with Gasteiger partial charge in [-0.05, 0) is 56.3 Å². The number of piperazine rings is 1. The molecule has 1 aromatic carbocycles. The van der Waals surface area contributed by atoms with Gasteiger partial charge in [0, 0.05) is 43.1 Å². The van der Waals surface area contributed by atoms with Gasteiger partial charge in [-0.15, -0.1) is 0 Å². The van der Waals surface area contributed by atoms with Gasteiger partial charge in [-0.1, -0.05) is 5.16 Å². The van der Waals surface area contributed by atoms with E-state index in [4.69, 9.17) is 13.7 Å². The third-order valence-corrected chi connectivity index (χ3v) is 6.53. The molecule has 3 aromatic heterocycles.